The maximum atomic E-state index is 14.3. The van der Waals surface area contributed by atoms with Gasteiger partial charge in [-0.2, -0.15) is 5.26 Å². The summed E-state index contributed by atoms with van der Waals surface area (Å²) >= 11 is 0. The van der Waals surface area contributed by atoms with Gasteiger partial charge in [0, 0.05) is 42.9 Å². The first-order chi connectivity index (χ1) is 19.1. The van der Waals surface area contributed by atoms with Gasteiger partial charge in [-0.1, -0.05) is 19.4 Å². The SMILES string of the molecule is CC1(O)[C@@H](C(=O)N(c2ccc(S(F)(F)(F)(F)F)cc2)C(C(=O)NC2CCC(F)(F)CC2)c2cncc(F)c2)CN1C#N. The summed E-state index contributed by atoms with van der Waals surface area (Å²) < 4.78 is 109. The molecule has 2 aromatic rings. The maximum absolute atomic E-state index is 14.3. The molecule has 42 heavy (non-hydrogen) atoms. The fourth-order valence-electron chi connectivity index (χ4n) is 4.97. The van der Waals surface area contributed by atoms with Crippen molar-refractivity contribution in [1.29, 1.82) is 5.26 Å². The van der Waals surface area contributed by atoms with Crippen LogP contribution in [0.25, 0.3) is 0 Å². The van der Waals surface area contributed by atoms with Crippen LogP contribution in [0.4, 0.5) is 38.3 Å². The Balaban J connectivity index is 1.81. The number of halogens is 8. The number of anilines is 1. The van der Waals surface area contributed by atoms with Gasteiger partial charge < -0.3 is 10.4 Å². The van der Waals surface area contributed by atoms with Gasteiger partial charge in [0.05, 0.1) is 6.20 Å². The van der Waals surface area contributed by atoms with Gasteiger partial charge in [0.2, 0.25) is 17.7 Å². The predicted molar refractivity (Wildman–Crippen MR) is 134 cm³/mol. The van der Waals surface area contributed by atoms with Gasteiger partial charge >= 0.3 is 10.2 Å². The molecular weight excluding hydrogens is 602 g/mol. The quantitative estimate of drug-likeness (QED) is 0.298. The average molecular weight is 628 g/mol. The second-order valence-corrected chi connectivity index (χ2v) is 12.9. The number of alkyl halides is 2. The van der Waals surface area contributed by atoms with Crippen LogP contribution in [0.2, 0.25) is 0 Å². The summed E-state index contributed by atoms with van der Waals surface area (Å²) in [6.45, 7) is 0.717. The zero-order valence-corrected chi connectivity index (χ0v) is 22.6. The van der Waals surface area contributed by atoms with E-state index in [1.54, 1.807) is 6.19 Å². The van der Waals surface area contributed by atoms with Crippen LogP contribution in [0.15, 0.2) is 47.6 Å². The van der Waals surface area contributed by atoms with Gasteiger partial charge in [-0.05, 0) is 50.1 Å². The Morgan fingerprint density at radius 1 is 1.14 bits per heavy atom. The van der Waals surface area contributed by atoms with E-state index in [1.165, 1.54) is 0 Å². The number of rotatable bonds is 7. The Bertz CT molecular complexity index is 1420. The normalized spacial score (nSPS) is 24.8. The number of hydrogen-bond donors (Lipinski definition) is 2. The summed E-state index contributed by atoms with van der Waals surface area (Å²) in [5.41, 5.74) is -2.92. The van der Waals surface area contributed by atoms with Crippen molar-refractivity contribution in [2.45, 2.75) is 61.2 Å². The van der Waals surface area contributed by atoms with E-state index in [9.17, 15) is 52.6 Å². The standard InChI is InChI=1S/C25H25F8N5O3S/c1-24(41)20(13-37(24)14-34)23(40)38(18-2-4-19(5-3-18)42(29,30,31,32)33)21(15-10-16(26)12-35-11-15)22(39)36-17-6-8-25(27,28)9-7-17/h2-5,10-12,17,20-21,41H,6-9,13H2,1H3,(H,36,39)/t20-,21?,24?/m1/s1. The van der Waals surface area contributed by atoms with Crippen LogP contribution in [-0.2, 0) is 9.59 Å². The summed E-state index contributed by atoms with van der Waals surface area (Å²) in [5.74, 6) is -7.55. The van der Waals surface area contributed by atoms with E-state index in [2.05, 4.69) is 10.3 Å². The number of pyridine rings is 1. The van der Waals surface area contributed by atoms with Crippen LogP contribution >= 0.6 is 10.2 Å². The lowest BCUT2D eigenvalue weighted by Gasteiger charge is -2.50. The number of nitrogens with one attached hydrogen (secondary N) is 1. The van der Waals surface area contributed by atoms with Crippen molar-refractivity contribution >= 4 is 27.7 Å². The van der Waals surface area contributed by atoms with Gasteiger partial charge in [-0.15, -0.1) is 0 Å². The zero-order chi connectivity index (χ0) is 31.4. The van der Waals surface area contributed by atoms with Crippen molar-refractivity contribution in [2.24, 2.45) is 5.92 Å². The highest BCUT2D eigenvalue weighted by Crippen LogP contribution is 3.02. The lowest BCUT2D eigenvalue weighted by atomic mass is 9.84. The zero-order valence-electron chi connectivity index (χ0n) is 21.8. The van der Waals surface area contributed by atoms with Crippen molar-refractivity contribution in [3.8, 4) is 6.19 Å². The largest absolute Gasteiger partial charge is 0.370 e. The number of aliphatic hydroxyl groups is 1. The number of carbonyl (C=O) groups is 2. The molecule has 2 aliphatic rings. The van der Waals surface area contributed by atoms with Gasteiger partial charge in [0.25, 0.3) is 0 Å². The number of amides is 2. The van der Waals surface area contributed by atoms with E-state index >= 15 is 0 Å². The molecule has 2 unspecified atom stereocenters. The van der Waals surface area contributed by atoms with Crippen LogP contribution in [0.3, 0.4) is 0 Å². The highest BCUT2D eigenvalue weighted by molar-refractivity contribution is 8.45. The molecule has 1 aromatic carbocycles. The molecule has 1 saturated heterocycles. The number of carbonyl (C=O) groups excluding carboxylic acids is 2. The summed E-state index contributed by atoms with van der Waals surface area (Å²) in [5, 5.41) is 22.4. The van der Waals surface area contributed by atoms with Crippen molar-refractivity contribution in [3.63, 3.8) is 0 Å². The van der Waals surface area contributed by atoms with Gasteiger partial charge in [0.15, 0.2) is 11.9 Å². The highest BCUT2D eigenvalue weighted by Gasteiger charge is 2.65. The average Bonchev–Trinajstić information content (AvgIpc) is 2.86. The third kappa shape index (κ3) is 6.38. The summed E-state index contributed by atoms with van der Waals surface area (Å²) in [7, 11) is -10.1. The number of likely N-dealkylation sites (tertiary alicyclic amines) is 1. The second-order valence-electron chi connectivity index (χ2n) is 10.5. The van der Waals surface area contributed by atoms with Gasteiger partial charge in [0.1, 0.15) is 22.7 Å². The van der Waals surface area contributed by atoms with Crippen LogP contribution in [0.5, 0.6) is 0 Å². The molecule has 0 bridgehead atoms. The van der Waals surface area contributed by atoms with Crippen LogP contribution < -0.4 is 10.2 Å². The third-order valence-corrected chi connectivity index (χ3v) is 8.56. The molecule has 0 spiro atoms. The highest BCUT2D eigenvalue weighted by atomic mass is 32.5. The number of hydrogen-bond acceptors (Lipinski definition) is 6. The van der Waals surface area contributed by atoms with Crippen molar-refractivity contribution < 1.29 is 47.3 Å². The summed E-state index contributed by atoms with van der Waals surface area (Å²) in [4.78, 5) is 30.3. The smallest absolute Gasteiger partial charge is 0.310 e. The molecule has 0 radical (unpaired) electrons. The molecule has 3 atom stereocenters. The summed E-state index contributed by atoms with van der Waals surface area (Å²) in [6.07, 6.45) is 1.96. The molecule has 2 heterocycles. The monoisotopic (exact) mass is 627 g/mol. The lowest BCUT2D eigenvalue weighted by molar-refractivity contribution is -0.192. The molecule has 1 saturated carbocycles. The molecule has 230 valence electrons. The fourth-order valence-corrected chi connectivity index (χ4v) is 5.62. The third-order valence-electron chi connectivity index (χ3n) is 7.40. The molecule has 2 N–H and O–H groups in total. The van der Waals surface area contributed by atoms with Crippen molar-refractivity contribution in [2.75, 3.05) is 11.4 Å². The van der Waals surface area contributed by atoms with Crippen molar-refractivity contribution in [3.05, 3.63) is 54.1 Å². The topological polar surface area (TPSA) is 110 Å². The van der Waals surface area contributed by atoms with E-state index in [0.717, 1.165) is 30.3 Å². The second kappa shape index (κ2) is 9.69. The minimum Gasteiger partial charge on any atom is -0.370 e. The molecule has 4 rings (SSSR count). The van der Waals surface area contributed by atoms with E-state index in [1.807, 2.05) is 0 Å². The molecule has 8 nitrogen and oxygen atoms in total. The molecule has 1 aliphatic heterocycles. The Morgan fingerprint density at radius 3 is 2.24 bits per heavy atom. The van der Waals surface area contributed by atoms with Gasteiger partial charge in [-0.3, -0.25) is 24.4 Å². The van der Waals surface area contributed by atoms with E-state index < -0.39 is 80.9 Å². The molecule has 2 fully saturated rings. The lowest BCUT2D eigenvalue weighted by Crippen LogP contribution is -2.68. The number of aromatic nitrogens is 1. The Kier molecular flexibility index (Phi) is 7.22. The first-order valence-electron chi connectivity index (χ1n) is 12.5. The molecule has 1 aliphatic carbocycles. The maximum Gasteiger partial charge on any atom is 0.310 e. The minimum atomic E-state index is -10.1. The molecule has 17 heteroatoms. The summed E-state index contributed by atoms with van der Waals surface area (Å²) in [6, 6.07) is -0.866. The van der Waals surface area contributed by atoms with E-state index in [-0.39, 0.29) is 37.1 Å². The predicted octanol–water partition coefficient (Wildman–Crippen LogP) is 5.77. The van der Waals surface area contributed by atoms with Crippen LogP contribution in [0.1, 0.15) is 44.2 Å². The molecule has 1 aromatic heterocycles. The van der Waals surface area contributed by atoms with E-state index in [0.29, 0.717) is 17.0 Å². The van der Waals surface area contributed by atoms with Crippen LogP contribution in [-0.4, -0.2) is 51.0 Å². The fraction of sp³-hybridized carbons (Fsp3) is 0.440. The Hall–Kier alpha value is -3.65. The van der Waals surface area contributed by atoms with E-state index in [4.69, 9.17) is 0 Å². The number of nitriles is 1. The number of nitrogens with zero attached hydrogens (tertiary/aromatic N) is 4. The van der Waals surface area contributed by atoms with Gasteiger partial charge in [-0.25, -0.2) is 13.2 Å². The number of benzene rings is 1. The molecular formula is C25H25F8N5O3S. The van der Waals surface area contributed by atoms with Crippen LogP contribution in [0, 0.1) is 23.2 Å². The van der Waals surface area contributed by atoms with Crippen molar-refractivity contribution in [1.82, 2.24) is 15.2 Å². The Labute approximate surface area is 234 Å². The minimum absolute atomic E-state index is 0.0136. The Morgan fingerprint density at radius 2 is 1.74 bits per heavy atom. The first-order valence-corrected chi connectivity index (χ1v) is 14.4. The first kappa shape index (κ1) is 31.3. The molecule has 2 amide bonds.